The van der Waals surface area contributed by atoms with Crippen molar-refractivity contribution >= 4 is 21.9 Å². The number of sulfone groups is 1. The molecular weight excluding hydrogens is 313 g/mol. The number of carbonyl (C=O) groups is 1. The molecule has 0 saturated heterocycles. The zero-order chi connectivity index (χ0) is 16.0. The van der Waals surface area contributed by atoms with Crippen molar-refractivity contribution in [2.24, 2.45) is 0 Å². The van der Waals surface area contributed by atoms with E-state index in [9.17, 15) is 26.4 Å². The second-order valence-corrected chi connectivity index (χ2v) is 6.43. The largest absolute Gasteiger partial charge is 0.478 e. The average molecular weight is 322 g/mol. The third kappa shape index (κ3) is 3.02. The highest BCUT2D eigenvalue weighted by molar-refractivity contribution is 7.90. The summed E-state index contributed by atoms with van der Waals surface area (Å²) in [5.74, 6) is -2.01. The van der Waals surface area contributed by atoms with Gasteiger partial charge in [0.1, 0.15) is 5.75 Å². The number of hydrogen-bond acceptors (Lipinski definition) is 4. The lowest BCUT2D eigenvalue weighted by Gasteiger charge is -2.27. The number of aliphatic carboxylic acids is 1. The normalized spacial score (nSPS) is 18.5. The first-order valence-corrected chi connectivity index (χ1v) is 7.41. The minimum Gasteiger partial charge on any atom is -0.478 e. The highest BCUT2D eigenvalue weighted by Gasteiger charge is 2.48. The van der Waals surface area contributed by atoms with Crippen LogP contribution < -0.4 is 4.74 Å². The van der Waals surface area contributed by atoms with Gasteiger partial charge in [-0.2, -0.15) is 13.2 Å². The standard InChI is InChI=1S/C12H9F3O5S/c1-21(18,19)7-2-3-9-6(4-7)5-8(11(16)17)10(20-9)12(13,14)15/h2-5,10H,1H3,(H,16,17)/t10-/m0/s1. The van der Waals surface area contributed by atoms with Gasteiger partial charge in [-0.15, -0.1) is 0 Å². The molecule has 21 heavy (non-hydrogen) atoms. The van der Waals surface area contributed by atoms with Gasteiger partial charge >= 0.3 is 12.1 Å². The number of alkyl halides is 3. The van der Waals surface area contributed by atoms with Gasteiger partial charge in [0.25, 0.3) is 0 Å². The van der Waals surface area contributed by atoms with Crippen molar-refractivity contribution in [3.8, 4) is 5.75 Å². The molecule has 0 amide bonds. The molecule has 1 heterocycles. The fraction of sp³-hybridized carbons (Fsp3) is 0.250. The highest BCUT2D eigenvalue weighted by atomic mass is 32.2. The first kappa shape index (κ1) is 15.4. The summed E-state index contributed by atoms with van der Waals surface area (Å²) in [5.41, 5.74) is -1.03. The van der Waals surface area contributed by atoms with Crippen molar-refractivity contribution in [2.45, 2.75) is 17.2 Å². The zero-order valence-corrected chi connectivity index (χ0v) is 11.3. The number of carboxylic acids is 1. The minimum absolute atomic E-state index is 0.0316. The summed E-state index contributed by atoms with van der Waals surface area (Å²) >= 11 is 0. The number of fused-ring (bicyclic) bond motifs is 1. The topological polar surface area (TPSA) is 80.7 Å². The van der Waals surface area contributed by atoms with Gasteiger partial charge in [0, 0.05) is 11.8 Å². The Labute approximate surface area is 117 Å². The van der Waals surface area contributed by atoms with Crippen molar-refractivity contribution < 1.29 is 36.2 Å². The maximum atomic E-state index is 12.8. The molecule has 0 fully saturated rings. The van der Waals surface area contributed by atoms with Crippen molar-refractivity contribution in [3.63, 3.8) is 0 Å². The van der Waals surface area contributed by atoms with Crippen LogP contribution in [0.3, 0.4) is 0 Å². The summed E-state index contributed by atoms with van der Waals surface area (Å²) in [7, 11) is -3.57. The van der Waals surface area contributed by atoms with Crippen LogP contribution >= 0.6 is 0 Å². The first-order chi connectivity index (χ1) is 9.50. The van der Waals surface area contributed by atoms with E-state index in [2.05, 4.69) is 4.74 Å². The highest BCUT2D eigenvalue weighted by Crippen LogP contribution is 2.37. The number of benzene rings is 1. The lowest BCUT2D eigenvalue weighted by Crippen LogP contribution is -2.40. The van der Waals surface area contributed by atoms with Crippen LogP contribution in [0.5, 0.6) is 5.75 Å². The number of halogens is 3. The molecule has 1 aliphatic rings. The Balaban J connectivity index is 2.59. The predicted octanol–water partition coefficient (Wildman–Crippen LogP) is 1.88. The third-order valence-corrected chi connectivity index (χ3v) is 3.90. The molecule has 0 aliphatic carbocycles. The Morgan fingerprint density at radius 3 is 2.43 bits per heavy atom. The van der Waals surface area contributed by atoms with Gasteiger partial charge in [-0.3, -0.25) is 0 Å². The summed E-state index contributed by atoms with van der Waals surface area (Å²) in [5, 5.41) is 8.86. The number of hydrogen-bond donors (Lipinski definition) is 1. The van der Waals surface area contributed by atoms with Gasteiger partial charge in [-0.25, -0.2) is 13.2 Å². The van der Waals surface area contributed by atoms with E-state index in [1.165, 1.54) is 0 Å². The van der Waals surface area contributed by atoms with Crippen LogP contribution in [0.15, 0.2) is 28.7 Å². The molecule has 9 heteroatoms. The van der Waals surface area contributed by atoms with Crippen molar-refractivity contribution in [3.05, 3.63) is 29.3 Å². The maximum Gasteiger partial charge on any atom is 0.430 e. The van der Waals surface area contributed by atoms with E-state index in [-0.39, 0.29) is 16.2 Å². The molecule has 1 atom stereocenters. The van der Waals surface area contributed by atoms with Gasteiger partial charge in [-0.05, 0) is 24.3 Å². The van der Waals surface area contributed by atoms with Crippen LogP contribution in [-0.4, -0.2) is 38.0 Å². The zero-order valence-electron chi connectivity index (χ0n) is 10.5. The first-order valence-electron chi connectivity index (χ1n) is 5.52. The van der Waals surface area contributed by atoms with Crippen molar-refractivity contribution in [2.75, 3.05) is 6.26 Å². The fourth-order valence-electron chi connectivity index (χ4n) is 1.83. The minimum atomic E-state index is -4.89. The molecule has 1 aromatic carbocycles. The molecule has 0 bridgehead atoms. The lowest BCUT2D eigenvalue weighted by molar-refractivity contribution is -0.187. The lowest BCUT2D eigenvalue weighted by atomic mass is 10.0. The van der Waals surface area contributed by atoms with Crippen LogP contribution in [0, 0.1) is 0 Å². The molecule has 0 radical (unpaired) electrons. The quantitative estimate of drug-likeness (QED) is 0.899. The molecule has 114 valence electrons. The fourth-order valence-corrected chi connectivity index (χ4v) is 2.48. The summed E-state index contributed by atoms with van der Waals surface area (Å²) in [6.45, 7) is 0. The Morgan fingerprint density at radius 1 is 1.33 bits per heavy atom. The van der Waals surface area contributed by atoms with Gasteiger partial charge in [0.15, 0.2) is 9.84 Å². The smallest absolute Gasteiger partial charge is 0.430 e. The molecule has 1 N–H and O–H groups in total. The maximum absolute atomic E-state index is 12.8. The van der Waals surface area contributed by atoms with E-state index in [1.54, 1.807) is 0 Å². The van der Waals surface area contributed by atoms with E-state index >= 15 is 0 Å². The number of rotatable bonds is 2. The molecule has 0 unspecified atom stereocenters. The van der Waals surface area contributed by atoms with Crippen LogP contribution in [0.1, 0.15) is 5.56 Å². The summed E-state index contributed by atoms with van der Waals surface area (Å²) in [4.78, 5) is 10.8. The molecule has 0 aromatic heterocycles. The second-order valence-electron chi connectivity index (χ2n) is 4.42. The molecule has 0 spiro atoms. The molecular formula is C12H9F3O5S. The second kappa shape index (κ2) is 4.76. The molecule has 5 nitrogen and oxygen atoms in total. The SMILES string of the molecule is CS(=O)(=O)c1ccc2c(c1)C=C(C(=O)O)[C@@H](C(F)(F)F)O2. The van der Waals surface area contributed by atoms with Crippen LogP contribution in [0.4, 0.5) is 13.2 Å². The molecule has 2 rings (SSSR count). The van der Waals surface area contributed by atoms with Crippen LogP contribution in [-0.2, 0) is 14.6 Å². The predicted molar refractivity (Wildman–Crippen MR) is 65.6 cm³/mol. The van der Waals surface area contributed by atoms with E-state index in [0.29, 0.717) is 0 Å². The molecule has 0 saturated carbocycles. The van der Waals surface area contributed by atoms with Gasteiger partial charge in [0.05, 0.1) is 10.5 Å². The van der Waals surface area contributed by atoms with Gasteiger partial charge < -0.3 is 9.84 Å². The summed E-state index contributed by atoms with van der Waals surface area (Å²) in [6, 6.07) is 3.24. The number of carboxylic acid groups (broad SMARTS) is 1. The Morgan fingerprint density at radius 2 is 1.95 bits per heavy atom. The van der Waals surface area contributed by atoms with E-state index in [4.69, 9.17) is 5.11 Å². The Hall–Kier alpha value is -2.03. The summed E-state index contributed by atoms with van der Waals surface area (Å²) < 4.78 is 65.8. The molecule has 1 aromatic rings. The van der Waals surface area contributed by atoms with E-state index in [0.717, 1.165) is 30.5 Å². The Bertz CT molecular complexity index is 734. The average Bonchev–Trinajstić information content (AvgIpc) is 2.34. The van der Waals surface area contributed by atoms with Crippen LogP contribution in [0.25, 0.3) is 6.08 Å². The van der Waals surface area contributed by atoms with Crippen molar-refractivity contribution in [1.82, 2.24) is 0 Å². The Kier molecular flexibility index (Phi) is 3.48. The van der Waals surface area contributed by atoms with E-state index in [1.807, 2.05) is 0 Å². The van der Waals surface area contributed by atoms with Gasteiger partial charge in [-0.1, -0.05) is 0 Å². The monoisotopic (exact) mass is 322 g/mol. The van der Waals surface area contributed by atoms with E-state index < -0.39 is 33.7 Å². The van der Waals surface area contributed by atoms with Gasteiger partial charge in [0.2, 0.25) is 6.10 Å². The number of ether oxygens (including phenoxy) is 1. The van der Waals surface area contributed by atoms with Crippen molar-refractivity contribution in [1.29, 1.82) is 0 Å². The third-order valence-electron chi connectivity index (χ3n) is 2.79. The van der Waals surface area contributed by atoms with Crippen LogP contribution in [0.2, 0.25) is 0 Å². The molecule has 1 aliphatic heterocycles. The summed E-state index contributed by atoms with van der Waals surface area (Å²) in [6.07, 6.45) is -5.78.